The van der Waals surface area contributed by atoms with Gasteiger partial charge in [0.2, 0.25) is 0 Å². The molecule has 6 heteroatoms. The van der Waals surface area contributed by atoms with Crippen molar-refractivity contribution >= 4 is 6.09 Å². The maximum atomic E-state index is 10.3. The first-order chi connectivity index (χ1) is 9.06. The number of rotatable bonds is 5. The summed E-state index contributed by atoms with van der Waals surface area (Å²) in [5.74, 6) is 0.366. The van der Waals surface area contributed by atoms with Gasteiger partial charge in [0.25, 0.3) is 0 Å². The van der Waals surface area contributed by atoms with Gasteiger partial charge in [-0.15, -0.1) is 0 Å². The summed E-state index contributed by atoms with van der Waals surface area (Å²) in [5.41, 5.74) is 8.07. The van der Waals surface area contributed by atoms with E-state index >= 15 is 0 Å². The number of hydrogen-bond donors (Lipinski definition) is 2. The average Bonchev–Trinajstić information content (AvgIpc) is 2.37. The van der Waals surface area contributed by atoms with Gasteiger partial charge in [-0.1, -0.05) is 55.4 Å². The molecule has 0 fully saturated rings. The van der Waals surface area contributed by atoms with E-state index in [0.717, 1.165) is 0 Å². The zero-order valence-electron chi connectivity index (χ0n) is 11.2. The van der Waals surface area contributed by atoms with Crippen LogP contribution in [0.1, 0.15) is 20.3 Å². The Morgan fingerprint density at radius 2 is 1.74 bits per heavy atom. The summed E-state index contributed by atoms with van der Waals surface area (Å²) in [6.07, 6.45) is -0.413. The zero-order valence-corrected chi connectivity index (χ0v) is 11.2. The number of amides is 1. The summed E-state index contributed by atoms with van der Waals surface area (Å²) in [4.78, 5) is 12.9. The van der Waals surface area contributed by atoms with Crippen molar-refractivity contribution in [1.29, 1.82) is 0 Å². The van der Waals surface area contributed by atoms with Gasteiger partial charge >= 0.3 is 6.09 Å². The van der Waals surface area contributed by atoms with Crippen LogP contribution >= 0.6 is 0 Å². The molecular formula is C13H20N4O2. The molecule has 0 aromatic heterocycles. The van der Waals surface area contributed by atoms with E-state index in [1.165, 1.54) is 0 Å². The van der Waals surface area contributed by atoms with Gasteiger partial charge in [-0.3, -0.25) is 0 Å². The van der Waals surface area contributed by atoms with Crippen molar-refractivity contribution in [2.45, 2.75) is 26.3 Å². The van der Waals surface area contributed by atoms with Crippen molar-refractivity contribution in [2.24, 2.45) is 11.0 Å². The third-order valence-electron chi connectivity index (χ3n) is 2.12. The van der Waals surface area contributed by atoms with Crippen LogP contribution in [0.25, 0.3) is 10.4 Å². The molecule has 0 spiro atoms. The highest BCUT2D eigenvalue weighted by Gasteiger charge is 2.11. The second-order valence-electron chi connectivity index (χ2n) is 4.34. The van der Waals surface area contributed by atoms with E-state index in [0.29, 0.717) is 12.3 Å². The molecule has 0 radical (unpaired) electrons. The summed E-state index contributed by atoms with van der Waals surface area (Å²) in [6.45, 7) is 4.13. The van der Waals surface area contributed by atoms with Crippen LogP contribution in [0.5, 0.6) is 0 Å². The molecule has 1 aromatic carbocycles. The number of benzene rings is 1. The van der Waals surface area contributed by atoms with Gasteiger partial charge in [-0.25, -0.2) is 4.79 Å². The molecule has 104 valence electrons. The zero-order chi connectivity index (χ0) is 14.5. The van der Waals surface area contributed by atoms with Gasteiger partial charge in [0.15, 0.2) is 0 Å². The lowest BCUT2D eigenvalue weighted by Crippen LogP contribution is -2.36. The fraction of sp³-hybridized carbons (Fsp3) is 0.462. The minimum atomic E-state index is -1.08. The molecule has 1 rings (SSSR count). The number of azide groups is 1. The van der Waals surface area contributed by atoms with Crippen LogP contribution in [0, 0.1) is 5.92 Å². The van der Waals surface area contributed by atoms with E-state index in [4.69, 9.17) is 10.6 Å². The van der Waals surface area contributed by atoms with E-state index in [2.05, 4.69) is 15.3 Å². The quantitative estimate of drug-likeness (QED) is 0.482. The van der Waals surface area contributed by atoms with E-state index in [1.54, 1.807) is 0 Å². The molecule has 0 aliphatic carbocycles. The van der Waals surface area contributed by atoms with Crippen molar-refractivity contribution in [1.82, 2.24) is 5.32 Å². The molecule has 0 saturated carbocycles. The maximum Gasteiger partial charge on any atom is 0.404 e. The Kier molecular flexibility index (Phi) is 9.66. The summed E-state index contributed by atoms with van der Waals surface area (Å²) < 4.78 is 0. The van der Waals surface area contributed by atoms with E-state index in [9.17, 15) is 4.79 Å². The summed E-state index contributed by atoms with van der Waals surface area (Å²) >= 11 is 0. The second kappa shape index (κ2) is 10.9. The molecule has 1 unspecified atom stereocenters. The van der Waals surface area contributed by atoms with Crippen LogP contribution in [0.15, 0.2) is 41.5 Å². The SMILES string of the molecule is CC(C)CC(CN=[N+]=[N-])NC(=O)O.c1ccccc1. The van der Waals surface area contributed by atoms with Crippen LogP contribution in [-0.4, -0.2) is 23.8 Å². The Bertz CT molecular complexity index is 358. The summed E-state index contributed by atoms with van der Waals surface area (Å²) in [7, 11) is 0. The molecule has 1 amide bonds. The van der Waals surface area contributed by atoms with Crippen LogP contribution in [-0.2, 0) is 0 Å². The van der Waals surface area contributed by atoms with Crippen molar-refractivity contribution in [3.63, 3.8) is 0 Å². The number of nitrogens with zero attached hydrogens (tertiary/aromatic N) is 3. The Labute approximate surface area is 113 Å². The third kappa shape index (κ3) is 12.1. The van der Waals surface area contributed by atoms with Gasteiger partial charge < -0.3 is 10.4 Å². The lowest BCUT2D eigenvalue weighted by Gasteiger charge is -2.16. The number of carboxylic acid groups (broad SMARTS) is 1. The predicted octanol–water partition coefficient (Wildman–Crippen LogP) is 3.67. The van der Waals surface area contributed by atoms with Crippen molar-refractivity contribution < 1.29 is 9.90 Å². The van der Waals surface area contributed by atoms with E-state index in [-0.39, 0.29) is 12.6 Å². The molecule has 0 bridgehead atoms. The third-order valence-corrected chi connectivity index (χ3v) is 2.12. The molecule has 0 saturated heterocycles. The highest BCUT2D eigenvalue weighted by Crippen LogP contribution is 2.05. The largest absolute Gasteiger partial charge is 0.465 e. The van der Waals surface area contributed by atoms with Gasteiger partial charge in [0, 0.05) is 17.5 Å². The molecule has 0 heterocycles. The highest BCUT2D eigenvalue weighted by molar-refractivity contribution is 5.64. The average molecular weight is 264 g/mol. The first kappa shape index (κ1) is 16.8. The fourth-order valence-electron chi connectivity index (χ4n) is 1.44. The molecule has 6 nitrogen and oxygen atoms in total. The van der Waals surface area contributed by atoms with Crippen LogP contribution in [0.4, 0.5) is 4.79 Å². The normalized spacial score (nSPS) is 10.7. The highest BCUT2D eigenvalue weighted by atomic mass is 16.4. The minimum Gasteiger partial charge on any atom is -0.465 e. The molecular weight excluding hydrogens is 244 g/mol. The van der Waals surface area contributed by atoms with Gasteiger partial charge in [-0.2, -0.15) is 0 Å². The Morgan fingerprint density at radius 1 is 1.26 bits per heavy atom. The van der Waals surface area contributed by atoms with E-state index in [1.807, 2.05) is 50.2 Å². The lowest BCUT2D eigenvalue weighted by atomic mass is 10.0. The Balaban J connectivity index is 0.000000443. The van der Waals surface area contributed by atoms with Crippen LogP contribution in [0.3, 0.4) is 0 Å². The predicted molar refractivity (Wildman–Crippen MR) is 74.9 cm³/mol. The number of nitrogens with one attached hydrogen (secondary N) is 1. The Hall–Kier alpha value is -2.20. The van der Waals surface area contributed by atoms with Crippen LogP contribution < -0.4 is 5.32 Å². The first-order valence-corrected chi connectivity index (χ1v) is 6.06. The molecule has 2 N–H and O–H groups in total. The smallest absolute Gasteiger partial charge is 0.404 e. The van der Waals surface area contributed by atoms with Gasteiger partial charge in [0.05, 0.1) is 0 Å². The Morgan fingerprint density at radius 3 is 2.05 bits per heavy atom. The number of hydrogen-bond acceptors (Lipinski definition) is 2. The van der Waals surface area contributed by atoms with Crippen LogP contribution in [0.2, 0.25) is 0 Å². The lowest BCUT2D eigenvalue weighted by molar-refractivity contribution is 0.188. The minimum absolute atomic E-state index is 0.168. The van der Waals surface area contributed by atoms with Crippen molar-refractivity contribution in [2.75, 3.05) is 6.54 Å². The standard InChI is InChI=1S/C7H14N4O2.C6H6/c1-5(2)3-6(4-9-11-8)10-7(12)13;1-2-4-6-5-3-1/h5-6,10H,3-4H2,1-2H3,(H,12,13);1-6H. The van der Waals surface area contributed by atoms with Gasteiger partial charge in [0.1, 0.15) is 0 Å². The fourth-order valence-corrected chi connectivity index (χ4v) is 1.44. The summed E-state index contributed by atoms with van der Waals surface area (Å²) in [6, 6.07) is 11.7. The molecule has 0 aliphatic heterocycles. The number of carbonyl (C=O) groups is 1. The molecule has 19 heavy (non-hydrogen) atoms. The second-order valence-corrected chi connectivity index (χ2v) is 4.34. The van der Waals surface area contributed by atoms with Crippen molar-refractivity contribution in [3.8, 4) is 0 Å². The topological polar surface area (TPSA) is 98.1 Å². The van der Waals surface area contributed by atoms with Gasteiger partial charge in [-0.05, 0) is 17.9 Å². The molecule has 0 aliphatic rings. The van der Waals surface area contributed by atoms with E-state index < -0.39 is 6.09 Å². The van der Waals surface area contributed by atoms with Crippen molar-refractivity contribution in [3.05, 3.63) is 46.8 Å². The molecule has 1 aromatic rings. The molecule has 1 atom stereocenters. The maximum absolute atomic E-state index is 10.3. The first-order valence-electron chi connectivity index (χ1n) is 6.06. The monoisotopic (exact) mass is 264 g/mol. The summed E-state index contributed by atoms with van der Waals surface area (Å²) in [5, 5.41) is 14.1.